The molecule has 5 aromatic carbocycles. The molecule has 0 saturated heterocycles. The Morgan fingerprint density at radius 2 is 1.41 bits per heavy atom. The molecule has 5 heteroatoms. The Morgan fingerprint density at radius 3 is 2.19 bits per heavy atom. The monoisotopic (exact) mass is 705 g/mol. The van der Waals surface area contributed by atoms with Crippen molar-refractivity contribution in [2.75, 3.05) is 0 Å². The summed E-state index contributed by atoms with van der Waals surface area (Å²) in [6.45, 7) is 13.5. The Labute approximate surface area is 315 Å². The van der Waals surface area contributed by atoms with Gasteiger partial charge >= 0.3 is 0 Å². The maximum atomic E-state index is 6.78. The molecule has 5 nitrogen and oxygen atoms in total. The minimum Gasteiger partial charge on any atom is -0.457 e. The van der Waals surface area contributed by atoms with E-state index in [4.69, 9.17) is 19.1 Å². The molecule has 0 saturated carbocycles. The van der Waals surface area contributed by atoms with Crippen LogP contribution in [-0.4, -0.2) is 14.5 Å². The van der Waals surface area contributed by atoms with Gasteiger partial charge in [-0.15, -0.1) is 0 Å². The van der Waals surface area contributed by atoms with Gasteiger partial charge in [0.2, 0.25) is 0 Å². The van der Waals surface area contributed by atoms with Crippen molar-refractivity contribution in [2.45, 2.75) is 53.4 Å². The Balaban J connectivity index is 1.19. The van der Waals surface area contributed by atoms with Crippen molar-refractivity contribution >= 4 is 43.7 Å². The van der Waals surface area contributed by atoms with Gasteiger partial charge in [-0.25, -0.2) is 4.98 Å². The summed E-state index contributed by atoms with van der Waals surface area (Å²) in [5, 5.41) is 4.38. The SMILES string of the molecule is CC(C)(C)Cc1ccc(-c2cc(Oc3ccc4c5ccccc5n(-c5cc(C(C)(C)C)ccn5)c4c3)cc3oc4ccc(-c5ccccc5)cc4c23)nc1. The van der Waals surface area contributed by atoms with Gasteiger partial charge in [0.1, 0.15) is 28.5 Å². The molecule has 266 valence electrons. The number of ether oxygens (including phenoxy) is 1. The molecule has 0 aliphatic rings. The van der Waals surface area contributed by atoms with Crippen LogP contribution >= 0.6 is 0 Å². The average Bonchev–Trinajstić information content (AvgIpc) is 3.69. The average molecular weight is 706 g/mol. The van der Waals surface area contributed by atoms with E-state index in [9.17, 15) is 0 Å². The minimum absolute atomic E-state index is 0.0113. The van der Waals surface area contributed by atoms with Gasteiger partial charge < -0.3 is 9.15 Å². The molecule has 0 fully saturated rings. The predicted octanol–water partition coefficient (Wildman–Crippen LogP) is 13.5. The molecule has 4 heterocycles. The number of rotatable bonds is 6. The molecular formula is C49H43N3O2. The van der Waals surface area contributed by atoms with Crippen LogP contribution < -0.4 is 4.74 Å². The second-order valence-electron chi connectivity index (χ2n) is 16.6. The van der Waals surface area contributed by atoms with Crippen molar-refractivity contribution in [3.05, 3.63) is 151 Å². The second kappa shape index (κ2) is 12.7. The molecule has 0 unspecified atom stereocenters. The molecule has 0 amide bonds. The number of hydrogen-bond donors (Lipinski definition) is 0. The lowest BCUT2D eigenvalue weighted by atomic mass is 9.88. The van der Waals surface area contributed by atoms with Crippen LogP contribution in [0.5, 0.6) is 11.5 Å². The van der Waals surface area contributed by atoms with Crippen LogP contribution in [0, 0.1) is 5.41 Å². The first-order valence-corrected chi connectivity index (χ1v) is 18.7. The van der Waals surface area contributed by atoms with Gasteiger partial charge in [0.25, 0.3) is 0 Å². The van der Waals surface area contributed by atoms with Crippen molar-refractivity contribution in [1.29, 1.82) is 0 Å². The lowest BCUT2D eigenvalue weighted by Crippen LogP contribution is -2.12. The molecule has 0 atom stereocenters. The summed E-state index contributed by atoms with van der Waals surface area (Å²) < 4.78 is 15.6. The molecule has 0 N–H and O–H groups in total. The molecule has 54 heavy (non-hydrogen) atoms. The van der Waals surface area contributed by atoms with Crippen molar-refractivity contribution in [3.8, 4) is 39.7 Å². The highest BCUT2D eigenvalue weighted by molar-refractivity contribution is 6.13. The highest BCUT2D eigenvalue weighted by Gasteiger charge is 2.21. The number of nitrogens with zero attached hydrogens (tertiary/aromatic N) is 3. The van der Waals surface area contributed by atoms with Crippen molar-refractivity contribution in [3.63, 3.8) is 0 Å². The van der Waals surface area contributed by atoms with Gasteiger partial charge in [0.15, 0.2) is 0 Å². The van der Waals surface area contributed by atoms with Gasteiger partial charge in [-0.3, -0.25) is 9.55 Å². The highest BCUT2D eigenvalue weighted by atomic mass is 16.5. The zero-order chi connectivity index (χ0) is 37.2. The Bertz CT molecular complexity index is 2830. The molecule has 4 aromatic heterocycles. The molecule has 9 rings (SSSR count). The van der Waals surface area contributed by atoms with Gasteiger partial charge in [-0.1, -0.05) is 102 Å². The van der Waals surface area contributed by atoms with Crippen LogP contribution in [0.1, 0.15) is 52.7 Å². The lowest BCUT2D eigenvalue weighted by molar-refractivity contribution is 0.411. The topological polar surface area (TPSA) is 53.1 Å². The van der Waals surface area contributed by atoms with E-state index in [1.54, 1.807) is 0 Å². The second-order valence-corrected chi connectivity index (χ2v) is 16.6. The van der Waals surface area contributed by atoms with Gasteiger partial charge in [0.05, 0.1) is 16.7 Å². The van der Waals surface area contributed by atoms with E-state index in [-0.39, 0.29) is 10.8 Å². The first-order chi connectivity index (χ1) is 26.0. The van der Waals surface area contributed by atoms with Crippen LogP contribution in [0.2, 0.25) is 0 Å². The summed E-state index contributed by atoms with van der Waals surface area (Å²) in [7, 11) is 0. The standard InChI is InChI=1S/C49H43N3O2/c1-48(2,3)29-31-16-20-41(51-30-31)39-26-36(28-45-47(39)40-24-33(17-21-44(40)54-45)32-12-8-7-9-13-32)53-35-18-19-38-37-14-10-11-15-42(37)52(43(38)27-35)46-25-34(22-23-50-46)49(4,5)6/h7-28,30H,29H2,1-6H3. The minimum atomic E-state index is -0.0113. The predicted molar refractivity (Wildman–Crippen MR) is 223 cm³/mol. The van der Waals surface area contributed by atoms with Crippen LogP contribution in [0.25, 0.3) is 71.9 Å². The number of aromatic nitrogens is 3. The molecule has 0 aliphatic heterocycles. The van der Waals surface area contributed by atoms with Gasteiger partial charge in [-0.05, 0) is 94.1 Å². The van der Waals surface area contributed by atoms with Crippen molar-refractivity contribution in [1.82, 2.24) is 14.5 Å². The Morgan fingerprint density at radius 1 is 0.611 bits per heavy atom. The molecule has 0 radical (unpaired) electrons. The normalized spacial score (nSPS) is 12.3. The highest BCUT2D eigenvalue weighted by Crippen LogP contribution is 2.42. The Kier molecular flexibility index (Phi) is 7.93. The van der Waals surface area contributed by atoms with Crippen LogP contribution in [0.15, 0.2) is 144 Å². The third-order valence-electron chi connectivity index (χ3n) is 10.2. The van der Waals surface area contributed by atoms with E-state index in [1.807, 2.05) is 30.6 Å². The first-order valence-electron chi connectivity index (χ1n) is 18.7. The summed E-state index contributed by atoms with van der Waals surface area (Å²) in [4.78, 5) is 9.89. The number of fused-ring (bicyclic) bond motifs is 6. The maximum Gasteiger partial charge on any atom is 0.139 e. The third-order valence-corrected chi connectivity index (χ3v) is 10.2. The summed E-state index contributed by atoms with van der Waals surface area (Å²) in [5.41, 5.74) is 10.4. The van der Waals surface area contributed by atoms with E-state index in [0.29, 0.717) is 5.75 Å². The van der Waals surface area contributed by atoms with E-state index < -0.39 is 0 Å². The van der Waals surface area contributed by atoms with E-state index in [0.717, 1.165) is 78.7 Å². The fraction of sp³-hybridized carbons (Fsp3) is 0.184. The number of para-hydroxylation sites is 1. The van der Waals surface area contributed by atoms with Crippen LogP contribution in [0.3, 0.4) is 0 Å². The maximum absolute atomic E-state index is 6.78. The van der Waals surface area contributed by atoms with E-state index >= 15 is 0 Å². The fourth-order valence-electron chi connectivity index (χ4n) is 7.66. The summed E-state index contributed by atoms with van der Waals surface area (Å²) >= 11 is 0. The molecule has 0 spiro atoms. The molecular weight excluding hydrogens is 663 g/mol. The smallest absolute Gasteiger partial charge is 0.139 e. The van der Waals surface area contributed by atoms with Crippen LogP contribution in [-0.2, 0) is 11.8 Å². The molecule has 0 bridgehead atoms. The number of benzene rings is 5. The van der Waals surface area contributed by atoms with Crippen molar-refractivity contribution < 1.29 is 9.15 Å². The number of furan rings is 1. The zero-order valence-electron chi connectivity index (χ0n) is 31.6. The zero-order valence-corrected chi connectivity index (χ0v) is 31.6. The molecule has 9 aromatic rings. The van der Waals surface area contributed by atoms with Gasteiger partial charge in [-0.2, -0.15) is 0 Å². The van der Waals surface area contributed by atoms with Gasteiger partial charge in [0, 0.05) is 51.6 Å². The van der Waals surface area contributed by atoms with E-state index in [2.05, 4.69) is 155 Å². The lowest BCUT2D eigenvalue weighted by Gasteiger charge is -2.20. The quantitative estimate of drug-likeness (QED) is 0.173. The summed E-state index contributed by atoms with van der Waals surface area (Å²) in [5.74, 6) is 2.28. The number of hydrogen-bond acceptors (Lipinski definition) is 4. The Hall–Kier alpha value is -6.20. The first kappa shape index (κ1) is 33.6. The van der Waals surface area contributed by atoms with Crippen LogP contribution in [0.4, 0.5) is 0 Å². The summed E-state index contributed by atoms with van der Waals surface area (Å²) in [6, 6.07) is 44.4. The summed E-state index contributed by atoms with van der Waals surface area (Å²) in [6.07, 6.45) is 4.86. The van der Waals surface area contributed by atoms with E-state index in [1.165, 1.54) is 16.5 Å². The number of pyridine rings is 2. The van der Waals surface area contributed by atoms with Crippen molar-refractivity contribution in [2.24, 2.45) is 5.41 Å². The third kappa shape index (κ3) is 6.20. The fourth-order valence-corrected chi connectivity index (χ4v) is 7.66. The molecule has 0 aliphatic carbocycles. The largest absolute Gasteiger partial charge is 0.457 e.